The van der Waals surface area contributed by atoms with Crippen LogP contribution in [0.4, 0.5) is 11.4 Å². The van der Waals surface area contributed by atoms with E-state index in [9.17, 15) is 20.2 Å². The fourth-order valence-corrected chi connectivity index (χ4v) is 3.83. The highest BCUT2D eigenvalue weighted by Crippen LogP contribution is 2.30. The minimum Gasteiger partial charge on any atom is -0.371 e. The molecule has 1 N–H and O–H groups in total. The number of carbonyl (C=O) groups is 1. The molecule has 1 saturated heterocycles. The molecule has 7 heteroatoms. The van der Waals surface area contributed by atoms with Gasteiger partial charge >= 0.3 is 0 Å². The Morgan fingerprint density at radius 2 is 1.93 bits per heavy atom. The van der Waals surface area contributed by atoms with Gasteiger partial charge in [0.05, 0.1) is 4.92 Å². The number of nitro groups is 1. The zero-order chi connectivity index (χ0) is 19.2. The van der Waals surface area contributed by atoms with Crippen molar-refractivity contribution in [2.24, 2.45) is 0 Å². The number of anilines is 1. The average Bonchev–Trinajstić information content (AvgIpc) is 3.21. The van der Waals surface area contributed by atoms with Crippen molar-refractivity contribution in [1.29, 1.82) is 5.26 Å². The molecule has 142 valence electrons. The summed E-state index contributed by atoms with van der Waals surface area (Å²) in [7, 11) is 0. The number of nitrogens with one attached hydrogen (secondary N) is 1. The van der Waals surface area contributed by atoms with Gasteiger partial charge < -0.3 is 10.2 Å². The second-order valence-electron chi connectivity index (χ2n) is 7.17. The Hall–Kier alpha value is -2.88. The van der Waals surface area contributed by atoms with E-state index >= 15 is 0 Å². The van der Waals surface area contributed by atoms with E-state index in [-0.39, 0.29) is 17.3 Å². The molecule has 3 rings (SSSR count). The van der Waals surface area contributed by atoms with Gasteiger partial charge in [0, 0.05) is 42.5 Å². The lowest BCUT2D eigenvalue weighted by Gasteiger charge is -2.23. The molecule has 0 aromatic heterocycles. The Morgan fingerprint density at radius 3 is 2.56 bits per heavy atom. The maximum atomic E-state index is 12.5. The Labute approximate surface area is 158 Å². The molecule has 0 spiro atoms. The van der Waals surface area contributed by atoms with Gasteiger partial charge in [-0.3, -0.25) is 14.9 Å². The highest BCUT2D eigenvalue weighted by Gasteiger charge is 2.21. The fraction of sp³-hybridized carbons (Fsp3) is 0.500. The van der Waals surface area contributed by atoms with E-state index < -0.39 is 10.8 Å². The van der Waals surface area contributed by atoms with E-state index in [1.54, 1.807) is 6.07 Å². The number of nitro benzene ring substituents is 1. The van der Waals surface area contributed by atoms with Gasteiger partial charge in [-0.15, -0.1) is 0 Å². The summed E-state index contributed by atoms with van der Waals surface area (Å²) < 4.78 is 0. The summed E-state index contributed by atoms with van der Waals surface area (Å²) in [5.41, 5.74) is 1.31. The van der Waals surface area contributed by atoms with Crippen molar-refractivity contribution in [2.45, 2.75) is 51.0 Å². The number of benzene rings is 1. The smallest absolute Gasteiger partial charge is 0.270 e. The summed E-state index contributed by atoms with van der Waals surface area (Å²) >= 11 is 0. The van der Waals surface area contributed by atoms with Crippen LogP contribution in [0.25, 0.3) is 6.08 Å². The molecule has 1 aromatic carbocycles. The predicted octanol–water partition coefficient (Wildman–Crippen LogP) is 3.55. The van der Waals surface area contributed by atoms with Crippen molar-refractivity contribution in [1.82, 2.24) is 5.32 Å². The topological polar surface area (TPSA) is 99.3 Å². The Balaban J connectivity index is 1.88. The zero-order valence-electron chi connectivity index (χ0n) is 15.3. The Kier molecular flexibility index (Phi) is 6.07. The number of hydrogen-bond acceptors (Lipinski definition) is 5. The summed E-state index contributed by atoms with van der Waals surface area (Å²) in [5, 5.41) is 23.6. The van der Waals surface area contributed by atoms with Crippen LogP contribution in [0.2, 0.25) is 0 Å². The van der Waals surface area contributed by atoms with Gasteiger partial charge in [0.25, 0.3) is 11.6 Å². The maximum Gasteiger partial charge on any atom is 0.270 e. The van der Waals surface area contributed by atoms with Gasteiger partial charge in [-0.2, -0.15) is 5.26 Å². The van der Waals surface area contributed by atoms with E-state index in [1.807, 2.05) is 6.07 Å². The van der Waals surface area contributed by atoms with E-state index in [0.29, 0.717) is 5.56 Å². The maximum absolute atomic E-state index is 12.5. The van der Waals surface area contributed by atoms with Crippen molar-refractivity contribution in [2.75, 3.05) is 18.0 Å². The van der Waals surface area contributed by atoms with Crippen molar-refractivity contribution in [3.05, 3.63) is 39.4 Å². The highest BCUT2D eigenvalue weighted by atomic mass is 16.6. The molecule has 27 heavy (non-hydrogen) atoms. The lowest BCUT2D eigenvalue weighted by atomic mass is 9.95. The first-order valence-corrected chi connectivity index (χ1v) is 9.54. The molecule has 1 aliphatic heterocycles. The van der Waals surface area contributed by atoms with Crippen LogP contribution in [0, 0.1) is 21.4 Å². The molecule has 7 nitrogen and oxygen atoms in total. The first-order valence-electron chi connectivity index (χ1n) is 9.54. The summed E-state index contributed by atoms with van der Waals surface area (Å²) in [6, 6.07) is 6.70. The third kappa shape index (κ3) is 4.64. The first-order chi connectivity index (χ1) is 13.1. The number of nitriles is 1. The predicted molar refractivity (Wildman–Crippen MR) is 103 cm³/mol. The van der Waals surface area contributed by atoms with Crippen molar-refractivity contribution in [3.8, 4) is 6.07 Å². The van der Waals surface area contributed by atoms with Crippen LogP contribution in [0.15, 0.2) is 23.8 Å². The summed E-state index contributed by atoms with van der Waals surface area (Å²) in [5.74, 6) is -0.400. The van der Waals surface area contributed by atoms with Crippen molar-refractivity contribution >= 4 is 23.4 Å². The SMILES string of the molecule is N#C/C(=C\c1cc([N+](=O)[O-])ccc1N1CCCC1)C(=O)NC1CCCCC1. The van der Waals surface area contributed by atoms with E-state index in [4.69, 9.17) is 0 Å². The molecule has 1 amide bonds. The minimum absolute atomic E-state index is 0.0125. The van der Waals surface area contributed by atoms with E-state index in [0.717, 1.165) is 57.3 Å². The number of nitrogens with zero attached hydrogens (tertiary/aromatic N) is 3. The molecule has 1 aromatic rings. The van der Waals surface area contributed by atoms with E-state index in [2.05, 4.69) is 10.2 Å². The van der Waals surface area contributed by atoms with Crippen molar-refractivity contribution < 1.29 is 9.72 Å². The second-order valence-corrected chi connectivity index (χ2v) is 7.17. The second kappa shape index (κ2) is 8.67. The Morgan fingerprint density at radius 1 is 1.22 bits per heavy atom. The lowest BCUT2D eigenvalue weighted by molar-refractivity contribution is -0.384. The number of amides is 1. The summed E-state index contributed by atoms with van der Waals surface area (Å²) in [6.07, 6.45) is 8.82. The molecule has 2 fully saturated rings. The van der Waals surface area contributed by atoms with Gasteiger partial charge in [0.15, 0.2) is 0 Å². The lowest BCUT2D eigenvalue weighted by Crippen LogP contribution is -2.36. The molecule has 0 radical (unpaired) electrons. The largest absolute Gasteiger partial charge is 0.371 e. The van der Waals surface area contributed by atoms with Crippen LogP contribution < -0.4 is 10.2 Å². The zero-order valence-corrected chi connectivity index (χ0v) is 15.3. The molecule has 2 aliphatic rings. The summed E-state index contributed by atoms with van der Waals surface area (Å²) in [4.78, 5) is 25.4. The third-order valence-electron chi connectivity index (χ3n) is 5.27. The highest BCUT2D eigenvalue weighted by molar-refractivity contribution is 6.02. The quantitative estimate of drug-likeness (QED) is 0.371. The van der Waals surface area contributed by atoms with Gasteiger partial charge in [-0.1, -0.05) is 19.3 Å². The van der Waals surface area contributed by atoms with Crippen LogP contribution in [-0.2, 0) is 4.79 Å². The fourth-order valence-electron chi connectivity index (χ4n) is 3.83. The van der Waals surface area contributed by atoms with Crippen LogP contribution in [0.5, 0.6) is 0 Å². The normalized spacial score (nSPS) is 18.2. The van der Waals surface area contributed by atoms with Gasteiger partial charge in [-0.05, 0) is 37.8 Å². The van der Waals surface area contributed by atoms with E-state index in [1.165, 1.54) is 24.6 Å². The van der Waals surface area contributed by atoms with Crippen LogP contribution in [-0.4, -0.2) is 30.0 Å². The standard InChI is InChI=1S/C20H24N4O3/c21-14-16(20(25)22-17-6-2-1-3-7-17)12-15-13-18(24(26)27)8-9-19(15)23-10-4-5-11-23/h8-9,12-13,17H,1-7,10-11H2,(H,22,25)/b16-12+. The third-order valence-corrected chi connectivity index (χ3v) is 5.27. The average molecular weight is 368 g/mol. The molecule has 0 atom stereocenters. The van der Waals surface area contributed by atoms with Gasteiger partial charge in [0.1, 0.15) is 11.6 Å². The molecule has 0 unspecified atom stereocenters. The van der Waals surface area contributed by atoms with Gasteiger partial charge in [0.2, 0.25) is 0 Å². The number of hydrogen-bond donors (Lipinski definition) is 1. The molecule has 1 heterocycles. The number of carbonyl (C=O) groups excluding carboxylic acids is 1. The molecular formula is C20H24N4O3. The van der Waals surface area contributed by atoms with Crippen LogP contribution in [0.1, 0.15) is 50.5 Å². The first kappa shape index (κ1) is 18.9. The molecular weight excluding hydrogens is 344 g/mol. The molecule has 1 aliphatic carbocycles. The Bertz CT molecular complexity index is 785. The number of rotatable bonds is 5. The van der Waals surface area contributed by atoms with Crippen LogP contribution >= 0.6 is 0 Å². The molecule has 1 saturated carbocycles. The minimum atomic E-state index is -0.459. The van der Waals surface area contributed by atoms with Crippen LogP contribution in [0.3, 0.4) is 0 Å². The monoisotopic (exact) mass is 368 g/mol. The van der Waals surface area contributed by atoms with Gasteiger partial charge in [-0.25, -0.2) is 0 Å². The van der Waals surface area contributed by atoms with Crippen molar-refractivity contribution in [3.63, 3.8) is 0 Å². The number of non-ortho nitro benzene ring substituents is 1. The summed E-state index contributed by atoms with van der Waals surface area (Å²) in [6.45, 7) is 1.74. The molecule has 0 bridgehead atoms.